The third-order valence-electron chi connectivity index (χ3n) is 1.86. The van der Waals surface area contributed by atoms with Crippen LogP contribution in [0, 0.1) is 0 Å². The van der Waals surface area contributed by atoms with Gasteiger partial charge in [0.05, 0.1) is 18.4 Å². The van der Waals surface area contributed by atoms with E-state index in [1.165, 1.54) is 0 Å². The minimum absolute atomic E-state index is 0.0217. The van der Waals surface area contributed by atoms with Crippen molar-refractivity contribution in [3.8, 4) is 11.5 Å². The summed E-state index contributed by atoms with van der Waals surface area (Å²) in [6, 6.07) is 3.52. The van der Waals surface area contributed by atoms with Crippen LogP contribution in [0.25, 0.3) is 11.5 Å². The van der Waals surface area contributed by atoms with Gasteiger partial charge in [0.15, 0.2) is 0 Å². The zero-order chi connectivity index (χ0) is 12.3. The second-order valence-electron chi connectivity index (χ2n) is 3.34. The molecule has 7 nitrogen and oxygen atoms in total. The fourth-order valence-electron chi connectivity index (χ4n) is 1.12. The zero-order valence-electron chi connectivity index (χ0n) is 8.99. The van der Waals surface area contributed by atoms with Gasteiger partial charge in [0.2, 0.25) is 21.8 Å². The van der Waals surface area contributed by atoms with Gasteiger partial charge in [-0.3, -0.25) is 4.98 Å². The van der Waals surface area contributed by atoms with Gasteiger partial charge >= 0.3 is 0 Å². The van der Waals surface area contributed by atoms with Gasteiger partial charge in [0.25, 0.3) is 0 Å². The topological polar surface area (TPSA) is 98.0 Å². The first kappa shape index (κ1) is 11.7. The van der Waals surface area contributed by atoms with Crippen LogP contribution in [0.2, 0.25) is 0 Å². The highest BCUT2D eigenvalue weighted by Gasteiger charge is 2.09. The molecule has 2 aromatic heterocycles. The van der Waals surface area contributed by atoms with E-state index in [-0.39, 0.29) is 12.4 Å². The molecule has 0 amide bonds. The fourth-order valence-corrected chi connectivity index (χ4v) is 1.51. The van der Waals surface area contributed by atoms with Crippen LogP contribution in [0.3, 0.4) is 0 Å². The molecular weight excluding hydrogens is 244 g/mol. The number of sulfonamides is 1. The lowest BCUT2D eigenvalue weighted by Gasteiger charge is -1.96. The van der Waals surface area contributed by atoms with Gasteiger partial charge in [-0.05, 0) is 12.1 Å². The summed E-state index contributed by atoms with van der Waals surface area (Å²) in [5.74, 6) is 0.512. The van der Waals surface area contributed by atoms with Gasteiger partial charge in [-0.1, -0.05) is 0 Å². The van der Waals surface area contributed by atoms with E-state index >= 15 is 0 Å². The fraction of sp³-hybridized carbons (Fsp3) is 0.222. The molecule has 0 aromatic carbocycles. The summed E-state index contributed by atoms with van der Waals surface area (Å²) < 4.78 is 29.3. The Morgan fingerprint density at radius 2 is 2.24 bits per heavy atom. The van der Waals surface area contributed by atoms with E-state index in [4.69, 9.17) is 4.42 Å². The summed E-state index contributed by atoms with van der Waals surface area (Å²) in [5, 5.41) is 7.52. The Balaban J connectivity index is 2.12. The lowest BCUT2D eigenvalue weighted by atomic mass is 10.3. The first-order valence-electron chi connectivity index (χ1n) is 4.72. The third-order valence-corrected chi connectivity index (χ3v) is 2.53. The number of nitrogens with one attached hydrogen (secondary N) is 1. The van der Waals surface area contributed by atoms with E-state index in [0.29, 0.717) is 11.5 Å². The molecule has 2 heterocycles. The van der Waals surface area contributed by atoms with E-state index < -0.39 is 10.0 Å². The van der Waals surface area contributed by atoms with Gasteiger partial charge in [0.1, 0.15) is 0 Å². The molecule has 0 aliphatic rings. The smallest absolute Gasteiger partial charge is 0.249 e. The molecule has 0 spiro atoms. The highest BCUT2D eigenvalue weighted by molar-refractivity contribution is 7.88. The van der Waals surface area contributed by atoms with Crippen molar-refractivity contribution in [1.29, 1.82) is 0 Å². The Hall–Kier alpha value is -1.80. The summed E-state index contributed by atoms with van der Waals surface area (Å²) >= 11 is 0. The summed E-state index contributed by atoms with van der Waals surface area (Å²) in [7, 11) is -3.27. The molecule has 0 atom stereocenters. The Labute approximate surface area is 98.0 Å². The second-order valence-corrected chi connectivity index (χ2v) is 5.17. The normalized spacial score (nSPS) is 11.6. The van der Waals surface area contributed by atoms with Crippen LogP contribution in [0.4, 0.5) is 0 Å². The van der Waals surface area contributed by atoms with Crippen molar-refractivity contribution >= 4 is 10.0 Å². The average molecular weight is 254 g/mol. The predicted octanol–water partition coefficient (Wildman–Crippen LogP) is 0.181. The van der Waals surface area contributed by atoms with Crippen LogP contribution in [-0.2, 0) is 16.6 Å². The number of nitrogens with zero attached hydrogens (tertiary/aromatic N) is 3. The predicted molar refractivity (Wildman–Crippen MR) is 59.2 cm³/mol. The van der Waals surface area contributed by atoms with Crippen LogP contribution in [0.15, 0.2) is 28.9 Å². The number of pyridine rings is 1. The molecule has 0 saturated carbocycles. The monoisotopic (exact) mass is 254 g/mol. The van der Waals surface area contributed by atoms with Crippen LogP contribution in [0.5, 0.6) is 0 Å². The minimum atomic E-state index is -3.27. The Kier molecular flexibility index (Phi) is 3.16. The quantitative estimate of drug-likeness (QED) is 0.835. The van der Waals surface area contributed by atoms with Gasteiger partial charge in [-0.15, -0.1) is 10.2 Å². The minimum Gasteiger partial charge on any atom is -0.419 e. The zero-order valence-corrected chi connectivity index (χ0v) is 9.81. The van der Waals surface area contributed by atoms with Crippen LogP contribution in [-0.4, -0.2) is 29.9 Å². The Morgan fingerprint density at radius 3 is 2.88 bits per heavy atom. The second kappa shape index (κ2) is 4.60. The first-order valence-corrected chi connectivity index (χ1v) is 6.61. The number of hydrogen-bond donors (Lipinski definition) is 1. The van der Waals surface area contributed by atoms with Crippen molar-refractivity contribution in [3.63, 3.8) is 0 Å². The van der Waals surface area contributed by atoms with Crippen molar-refractivity contribution in [2.75, 3.05) is 6.26 Å². The lowest BCUT2D eigenvalue weighted by molar-refractivity contribution is 0.495. The van der Waals surface area contributed by atoms with E-state index in [9.17, 15) is 8.42 Å². The molecule has 17 heavy (non-hydrogen) atoms. The van der Waals surface area contributed by atoms with Crippen LogP contribution >= 0.6 is 0 Å². The van der Waals surface area contributed by atoms with Crippen LogP contribution in [0.1, 0.15) is 5.89 Å². The molecule has 8 heteroatoms. The van der Waals surface area contributed by atoms with E-state index in [2.05, 4.69) is 19.9 Å². The average Bonchev–Trinajstić information content (AvgIpc) is 2.75. The molecule has 0 aliphatic heterocycles. The van der Waals surface area contributed by atoms with Crippen molar-refractivity contribution < 1.29 is 12.8 Å². The molecule has 2 rings (SSSR count). The van der Waals surface area contributed by atoms with E-state index in [1.54, 1.807) is 24.5 Å². The Bertz CT molecular complexity index is 594. The molecule has 0 bridgehead atoms. The molecule has 0 fully saturated rings. The summed E-state index contributed by atoms with van der Waals surface area (Å²) in [5.41, 5.74) is 0.686. The van der Waals surface area contributed by atoms with Crippen LogP contribution < -0.4 is 4.72 Å². The van der Waals surface area contributed by atoms with Gasteiger partial charge in [-0.25, -0.2) is 13.1 Å². The maximum absolute atomic E-state index is 10.9. The number of aromatic nitrogens is 3. The van der Waals surface area contributed by atoms with E-state index in [1.807, 2.05) is 0 Å². The molecule has 2 aromatic rings. The first-order chi connectivity index (χ1) is 8.04. The summed E-state index contributed by atoms with van der Waals surface area (Å²) in [4.78, 5) is 3.92. The summed E-state index contributed by atoms with van der Waals surface area (Å²) in [6.45, 7) is -0.0217. The maximum atomic E-state index is 10.9. The van der Waals surface area contributed by atoms with E-state index in [0.717, 1.165) is 6.26 Å². The molecular formula is C9H10N4O3S. The molecule has 0 aliphatic carbocycles. The van der Waals surface area contributed by atoms with Crippen molar-refractivity contribution in [2.45, 2.75) is 6.54 Å². The number of hydrogen-bond acceptors (Lipinski definition) is 6. The molecule has 90 valence electrons. The molecule has 0 saturated heterocycles. The highest BCUT2D eigenvalue weighted by Crippen LogP contribution is 2.15. The SMILES string of the molecule is CS(=O)(=O)NCc1nnc(-c2cccnc2)o1. The molecule has 0 radical (unpaired) electrons. The molecule has 0 unspecified atom stereocenters. The molecule has 1 N–H and O–H groups in total. The summed E-state index contributed by atoms with van der Waals surface area (Å²) in [6.07, 6.45) is 4.28. The standard InChI is InChI=1S/C9H10N4O3S/c1-17(14,15)11-6-8-12-13-9(16-8)7-3-2-4-10-5-7/h2-5,11H,6H2,1H3. The van der Waals surface area contributed by atoms with Gasteiger partial charge in [-0.2, -0.15) is 0 Å². The Morgan fingerprint density at radius 1 is 1.41 bits per heavy atom. The van der Waals surface area contributed by atoms with Gasteiger partial charge < -0.3 is 4.42 Å². The van der Waals surface area contributed by atoms with Crippen molar-refractivity contribution in [1.82, 2.24) is 19.9 Å². The van der Waals surface area contributed by atoms with Crippen molar-refractivity contribution in [3.05, 3.63) is 30.4 Å². The lowest BCUT2D eigenvalue weighted by Crippen LogP contribution is -2.21. The van der Waals surface area contributed by atoms with Crippen molar-refractivity contribution in [2.24, 2.45) is 0 Å². The third kappa shape index (κ3) is 3.33. The highest BCUT2D eigenvalue weighted by atomic mass is 32.2. The largest absolute Gasteiger partial charge is 0.419 e. The van der Waals surface area contributed by atoms with Gasteiger partial charge in [0, 0.05) is 12.4 Å². The maximum Gasteiger partial charge on any atom is 0.249 e. The number of rotatable bonds is 4.